The van der Waals surface area contributed by atoms with Gasteiger partial charge in [0.1, 0.15) is 0 Å². The van der Waals surface area contributed by atoms with E-state index in [0.29, 0.717) is 21.5 Å². The molecule has 8 nitrogen and oxygen atoms in total. The van der Waals surface area contributed by atoms with Gasteiger partial charge in [0.15, 0.2) is 0 Å². The number of halogens is 1. The molecule has 1 aromatic heterocycles. The summed E-state index contributed by atoms with van der Waals surface area (Å²) in [6.45, 7) is 1.80. The summed E-state index contributed by atoms with van der Waals surface area (Å²) < 4.78 is 6.56. The molecule has 2 heterocycles. The van der Waals surface area contributed by atoms with Gasteiger partial charge in [0.25, 0.3) is 5.56 Å². The van der Waals surface area contributed by atoms with Gasteiger partial charge in [0, 0.05) is 5.02 Å². The smallest absolute Gasteiger partial charge is 0.338 e. The van der Waals surface area contributed by atoms with Crippen molar-refractivity contribution in [1.29, 1.82) is 0 Å². The van der Waals surface area contributed by atoms with Gasteiger partial charge in [-0.3, -0.25) is 9.36 Å². The molecule has 3 aromatic rings. The third-order valence-corrected chi connectivity index (χ3v) is 5.13. The number of nitrogens with one attached hydrogen (secondary N) is 2. The lowest BCUT2D eigenvalue weighted by Gasteiger charge is -2.29. The number of nitrogens with zero attached hydrogens (tertiary/aromatic N) is 2. The standard InChI is InChI=1S/C22H19ClN4O4/c1-2-31-21(29)18-17(25-22(30)26-19(18)13-6-4-3-5-7-13)11-27-12-24-16-9-8-14(23)10-15(16)20(27)28/h3-10,12,19H,2,11H2,1H3,(H2,25,26,30)/t19-/m0/s1. The fraction of sp³-hybridized carbons (Fsp3) is 0.182. The highest BCUT2D eigenvalue weighted by molar-refractivity contribution is 6.31. The van der Waals surface area contributed by atoms with E-state index in [1.165, 1.54) is 17.0 Å². The number of ether oxygens (including phenoxy) is 1. The first-order chi connectivity index (χ1) is 15.0. The van der Waals surface area contributed by atoms with E-state index in [1.54, 1.807) is 31.2 Å². The quantitative estimate of drug-likeness (QED) is 0.596. The SMILES string of the molecule is CCOC(=O)C1=C(Cn2cnc3ccc(Cl)cc3c2=O)NC(=O)N[C@H]1c1ccccc1. The lowest BCUT2D eigenvalue weighted by Crippen LogP contribution is -2.47. The zero-order valence-electron chi connectivity index (χ0n) is 16.6. The first-order valence-corrected chi connectivity index (χ1v) is 10.0. The lowest BCUT2D eigenvalue weighted by atomic mass is 9.95. The minimum absolute atomic E-state index is 0.0703. The van der Waals surface area contributed by atoms with E-state index >= 15 is 0 Å². The van der Waals surface area contributed by atoms with Crippen molar-refractivity contribution in [3.63, 3.8) is 0 Å². The van der Waals surface area contributed by atoms with Crippen LogP contribution < -0.4 is 16.2 Å². The van der Waals surface area contributed by atoms with Gasteiger partial charge in [0.05, 0.1) is 47.7 Å². The minimum atomic E-state index is -0.720. The maximum absolute atomic E-state index is 13.0. The average molecular weight is 439 g/mol. The molecule has 1 aliphatic rings. The summed E-state index contributed by atoms with van der Waals surface area (Å²) in [5.41, 5.74) is 1.37. The summed E-state index contributed by atoms with van der Waals surface area (Å²) in [7, 11) is 0. The van der Waals surface area contributed by atoms with E-state index in [9.17, 15) is 14.4 Å². The maximum Gasteiger partial charge on any atom is 0.338 e. The number of hydrogen-bond acceptors (Lipinski definition) is 5. The van der Waals surface area contributed by atoms with Crippen LogP contribution in [0.1, 0.15) is 18.5 Å². The Hall–Kier alpha value is -3.65. The lowest BCUT2D eigenvalue weighted by molar-refractivity contribution is -0.139. The Morgan fingerprint density at radius 2 is 1.97 bits per heavy atom. The van der Waals surface area contributed by atoms with Gasteiger partial charge >= 0.3 is 12.0 Å². The van der Waals surface area contributed by atoms with Crippen molar-refractivity contribution in [2.24, 2.45) is 0 Å². The van der Waals surface area contributed by atoms with Crippen LogP contribution >= 0.6 is 11.6 Å². The fourth-order valence-corrected chi connectivity index (χ4v) is 3.67. The third kappa shape index (κ3) is 4.15. The van der Waals surface area contributed by atoms with Crippen LogP contribution in [-0.2, 0) is 16.1 Å². The van der Waals surface area contributed by atoms with Gasteiger partial charge < -0.3 is 15.4 Å². The Morgan fingerprint density at radius 1 is 1.19 bits per heavy atom. The monoisotopic (exact) mass is 438 g/mol. The average Bonchev–Trinajstić information content (AvgIpc) is 2.76. The molecule has 0 saturated carbocycles. The van der Waals surface area contributed by atoms with Crippen molar-refractivity contribution < 1.29 is 14.3 Å². The molecule has 2 aromatic carbocycles. The Labute approximate surface area is 182 Å². The molecule has 1 aliphatic heterocycles. The Bertz CT molecular complexity index is 1250. The fourth-order valence-electron chi connectivity index (χ4n) is 3.50. The zero-order valence-corrected chi connectivity index (χ0v) is 17.3. The first kappa shape index (κ1) is 20.6. The molecular weight excluding hydrogens is 420 g/mol. The van der Waals surface area contributed by atoms with Crippen molar-refractivity contribution in [2.75, 3.05) is 6.61 Å². The molecule has 1 atom stereocenters. The summed E-state index contributed by atoms with van der Waals surface area (Å²) in [5, 5.41) is 6.17. The van der Waals surface area contributed by atoms with Crippen molar-refractivity contribution in [3.05, 3.63) is 87.1 Å². The predicted molar refractivity (Wildman–Crippen MR) is 116 cm³/mol. The largest absolute Gasteiger partial charge is 0.463 e. The van der Waals surface area contributed by atoms with E-state index in [0.717, 1.165) is 0 Å². The molecule has 0 saturated heterocycles. The number of hydrogen-bond donors (Lipinski definition) is 2. The van der Waals surface area contributed by atoms with E-state index in [1.807, 2.05) is 18.2 Å². The van der Waals surface area contributed by atoms with Crippen LogP contribution in [-0.4, -0.2) is 28.2 Å². The van der Waals surface area contributed by atoms with Crippen LogP contribution in [0.25, 0.3) is 10.9 Å². The second-order valence-corrected chi connectivity index (χ2v) is 7.33. The van der Waals surface area contributed by atoms with E-state index in [2.05, 4.69) is 15.6 Å². The molecule has 4 rings (SSSR count). The molecule has 0 fully saturated rings. The summed E-state index contributed by atoms with van der Waals surface area (Å²) in [6.07, 6.45) is 1.38. The van der Waals surface area contributed by atoms with E-state index in [-0.39, 0.29) is 30.0 Å². The van der Waals surface area contributed by atoms with E-state index < -0.39 is 18.0 Å². The van der Waals surface area contributed by atoms with Gasteiger partial charge in [-0.1, -0.05) is 41.9 Å². The number of esters is 1. The summed E-state index contributed by atoms with van der Waals surface area (Å²) in [6, 6.07) is 12.7. The molecule has 0 radical (unpaired) electrons. The first-order valence-electron chi connectivity index (χ1n) is 9.65. The topological polar surface area (TPSA) is 102 Å². The Kier molecular flexibility index (Phi) is 5.73. The minimum Gasteiger partial charge on any atom is -0.463 e. The van der Waals surface area contributed by atoms with Gasteiger partial charge in [-0.05, 0) is 30.7 Å². The second-order valence-electron chi connectivity index (χ2n) is 6.89. The highest BCUT2D eigenvalue weighted by Crippen LogP contribution is 2.28. The number of fused-ring (bicyclic) bond motifs is 1. The van der Waals surface area contributed by atoms with Gasteiger partial charge in [-0.2, -0.15) is 0 Å². The van der Waals surface area contributed by atoms with Crippen LogP contribution in [0.5, 0.6) is 0 Å². The zero-order chi connectivity index (χ0) is 22.0. The van der Waals surface area contributed by atoms with Crippen molar-refractivity contribution >= 4 is 34.5 Å². The highest BCUT2D eigenvalue weighted by Gasteiger charge is 2.33. The second kappa shape index (κ2) is 8.61. The number of rotatable bonds is 5. The van der Waals surface area contributed by atoms with Crippen LogP contribution in [0.15, 0.2) is 70.9 Å². The number of carbonyl (C=O) groups excluding carboxylic acids is 2. The molecule has 0 spiro atoms. The number of urea groups is 1. The summed E-state index contributed by atoms with van der Waals surface area (Å²) >= 11 is 6.03. The molecule has 0 unspecified atom stereocenters. The highest BCUT2D eigenvalue weighted by atomic mass is 35.5. The maximum atomic E-state index is 13.0. The van der Waals surface area contributed by atoms with Crippen LogP contribution in [0.4, 0.5) is 4.79 Å². The summed E-state index contributed by atoms with van der Waals surface area (Å²) in [5.74, 6) is -0.580. The van der Waals surface area contributed by atoms with Gasteiger partial charge in [0.2, 0.25) is 0 Å². The van der Waals surface area contributed by atoms with Crippen LogP contribution in [0.2, 0.25) is 5.02 Å². The molecule has 2 amide bonds. The van der Waals surface area contributed by atoms with Gasteiger partial charge in [-0.25, -0.2) is 14.6 Å². The van der Waals surface area contributed by atoms with Crippen LogP contribution in [0, 0.1) is 0 Å². The number of benzene rings is 2. The Balaban J connectivity index is 1.83. The molecule has 0 bridgehead atoms. The summed E-state index contributed by atoms with van der Waals surface area (Å²) in [4.78, 5) is 42.5. The molecule has 0 aliphatic carbocycles. The van der Waals surface area contributed by atoms with Gasteiger partial charge in [-0.15, -0.1) is 0 Å². The molecule has 158 valence electrons. The molecule has 31 heavy (non-hydrogen) atoms. The van der Waals surface area contributed by atoms with Crippen molar-refractivity contribution in [2.45, 2.75) is 19.5 Å². The van der Waals surface area contributed by atoms with Crippen LogP contribution in [0.3, 0.4) is 0 Å². The molecule has 2 N–H and O–H groups in total. The third-order valence-electron chi connectivity index (χ3n) is 4.90. The predicted octanol–water partition coefficient (Wildman–Crippen LogP) is 2.92. The molecule has 9 heteroatoms. The normalized spacial score (nSPS) is 16.1. The Morgan fingerprint density at radius 3 is 2.71 bits per heavy atom. The number of amides is 2. The van der Waals surface area contributed by atoms with E-state index in [4.69, 9.17) is 16.3 Å². The van der Waals surface area contributed by atoms with Crippen molar-refractivity contribution in [3.8, 4) is 0 Å². The number of allylic oxidation sites excluding steroid dienone is 1. The molecular formula is C22H19ClN4O4. The number of carbonyl (C=O) groups is 2. The van der Waals surface area contributed by atoms with Crippen molar-refractivity contribution in [1.82, 2.24) is 20.2 Å². The number of aromatic nitrogens is 2.